The minimum atomic E-state index is -0.347. The molecule has 1 aliphatic carbocycles. The van der Waals surface area contributed by atoms with E-state index in [1.807, 2.05) is 0 Å². The highest BCUT2D eigenvalue weighted by Gasteiger charge is 2.24. The van der Waals surface area contributed by atoms with Gasteiger partial charge in [0.05, 0.1) is 10.9 Å². The van der Waals surface area contributed by atoms with E-state index >= 15 is 0 Å². The van der Waals surface area contributed by atoms with E-state index in [0.29, 0.717) is 22.5 Å². The van der Waals surface area contributed by atoms with Gasteiger partial charge >= 0.3 is 5.69 Å². The Bertz CT molecular complexity index is 873. The number of carbonyl (C=O) groups is 1. The number of hydrogen-bond acceptors (Lipinski definition) is 3. The summed E-state index contributed by atoms with van der Waals surface area (Å²) in [5.74, 6) is 0.500. The molecule has 6 nitrogen and oxygen atoms in total. The molecule has 1 heterocycles. The normalized spacial score (nSPS) is 20.9. The monoisotopic (exact) mass is 329 g/mol. The van der Waals surface area contributed by atoms with Crippen LogP contribution in [-0.2, 0) is 4.79 Å². The summed E-state index contributed by atoms with van der Waals surface area (Å²) in [6.45, 7) is 3.60. The van der Waals surface area contributed by atoms with Gasteiger partial charge in [-0.1, -0.05) is 13.3 Å². The van der Waals surface area contributed by atoms with Gasteiger partial charge < -0.3 is 10.3 Å². The predicted octanol–water partition coefficient (Wildman–Crippen LogP) is 2.79. The third-order valence-electron chi connectivity index (χ3n) is 5.01. The molecule has 0 bridgehead atoms. The maximum Gasteiger partial charge on any atom is 0.329 e. The second-order valence-corrected chi connectivity index (χ2v) is 6.63. The van der Waals surface area contributed by atoms with E-state index in [0.717, 1.165) is 32.1 Å². The van der Waals surface area contributed by atoms with Crippen LogP contribution in [0.25, 0.3) is 10.9 Å². The van der Waals surface area contributed by atoms with E-state index in [1.165, 1.54) is 11.5 Å². The molecule has 1 aromatic heterocycles. The average Bonchev–Trinajstić information content (AvgIpc) is 2.55. The lowest BCUT2D eigenvalue weighted by atomic mass is 9.84. The van der Waals surface area contributed by atoms with Gasteiger partial charge in [-0.2, -0.15) is 0 Å². The number of anilines is 1. The number of H-pyrrole nitrogens is 1. The molecule has 1 aromatic carbocycles. The molecule has 3 rings (SSSR count). The lowest BCUT2D eigenvalue weighted by Crippen LogP contribution is -2.39. The molecule has 0 atom stereocenters. The summed E-state index contributed by atoms with van der Waals surface area (Å²) in [5.41, 5.74) is 0.429. The van der Waals surface area contributed by atoms with Gasteiger partial charge in [-0.25, -0.2) is 4.79 Å². The van der Waals surface area contributed by atoms with Crippen LogP contribution in [0.4, 0.5) is 5.69 Å². The fourth-order valence-corrected chi connectivity index (χ4v) is 3.65. The van der Waals surface area contributed by atoms with Gasteiger partial charge in [-0.3, -0.25) is 14.2 Å². The van der Waals surface area contributed by atoms with Crippen LogP contribution in [0.3, 0.4) is 0 Å². The molecule has 0 spiro atoms. The standard InChI is InChI=1S/C18H23N3O3/c1-3-12-4-7-14(8-5-12)21-17(23)15-10-13(19-11(2)22)6-9-16(15)20-18(21)24/h6,9-10,12,14H,3-5,7-8H2,1-2H3,(H,19,22)(H,20,24). The van der Waals surface area contributed by atoms with Crippen LogP contribution in [-0.4, -0.2) is 15.5 Å². The van der Waals surface area contributed by atoms with E-state index in [4.69, 9.17) is 0 Å². The van der Waals surface area contributed by atoms with Crippen molar-refractivity contribution in [2.24, 2.45) is 5.92 Å². The molecule has 6 heteroatoms. The van der Waals surface area contributed by atoms with E-state index < -0.39 is 0 Å². The first-order valence-corrected chi connectivity index (χ1v) is 8.55. The van der Waals surface area contributed by atoms with Crippen molar-refractivity contribution in [3.8, 4) is 0 Å². The second-order valence-electron chi connectivity index (χ2n) is 6.63. The van der Waals surface area contributed by atoms with Gasteiger partial charge in [0.25, 0.3) is 5.56 Å². The molecule has 1 saturated carbocycles. The van der Waals surface area contributed by atoms with Crippen molar-refractivity contribution in [2.45, 2.75) is 52.0 Å². The van der Waals surface area contributed by atoms with Crippen molar-refractivity contribution in [2.75, 3.05) is 5.32 Å². The number of aromatic nitrogens is 2. The van der Waals surface area contributed by atoms with Gasteiger partial charge in [-0.05, 0) is 49.8 Å². The van der Waals surface area contributed by atoms with Gasteiger partial charge in [-0.15, -0.1) is 0 Å². The molecule has 2 aromatic rings. The molecule has 1 fully saturated rings. The summed E-state index contributed by atoms with van der Waals surface area (Å²) >= 11 is 0. The number of fused-ring (bicyclic) bond motifs is 1. The number of carbonyl (C=O) groups excluding carboxylic acids is 1. The summed E-state index contributed by atoms with van der Waals surface area (Å²) in [5, 5.41) is 3.10. The third kappa shape index (κ3) is 3.13. The number of aromatic amines is 1. The Kier molecular flexibility index (Phi) is 4.55. The minimum absolute atomic E-state index is 0.0436. The molecule has 1 amide bonds. The topological polar surface area (TPSA) is 84.0 Å². The summed E-state index contributed by atoms with van der Waals surface area (Å²) in [4.78, 5) is 39.3. The van der Waals surface area contributed by atoms with Crippen molar-refractivity contribution in [1.82, 2.24) is 9.55 Å². The Morgan fingerprint density at radius 2 is 1.96 bits per heavy atom. The first kappa shape index (κ1) is 16.5. The Labute approximate surface area is 139 Å². The largest absolute Gasteiger partial charge is 0.329 e. The van der Waals surface area contributed by atoms with E-state index in [1.54, 1.807) is 18.2 Å². The maximum atomic E-state index is 12.9. The molecular weight excluding hydrogens is 306 g/mol. The lowest BCUT2D eigenvalue weighted by molar-refractivity contribution is -0.114. The van der Waals surface area contributed by atoms with Crippen molar-refractivity contribution < 1.29 is 4.79 Å². The van der Waals surface area contributed by atoms with Gasteiger partial charge in [0.15, 0.2) is 0 Å². The molecule has 1 aliphatic rings. The molecular formula is C18H23N3O3. The van der Waals surface area contributed by atoms with Gasteiger partial charge in [0.1, 0.15) is 0 Å². The molecule has 2 N–H and O–H groups in total. The van der Waals surface area contributed by atoms with E-state index in [-0.39, 0.29) is 23.2 Å². The van der Waals surface area contributed by atoms with E-state index in [2.05, 4.69) is 17.2 Å². The minimum Gasteiger partial charge on any atom is -0.326 e. The van der Waals surface area contributed by atoms with Gasteiger partial charge in [0, 0.05) is 18.7 Å². The lowest BCUT2D eigenvalue weighted by Gasteiger charge is -2.28. The molecule has 0 radical (unpaired) electrons. The Morgan fingerprint density at radius 1 is 1.25 bits per heavy atom. The second kappa shape index (κ2) is 6.63. The summed E-state index contributed by atoms with van der Waals surface area (Å²) in [6.07, 6.45) is 4.97. The first-order valence-electron chi connectivity index (χ1n) is 8.55. The molecule has 0 unspecified atom stereocenters. The highest BCUT2D eigenvalue weighted by atomic mass is 16.2. The smallest absolute Gasteiger partial charge is 0.326 e. The van der Waals surface area contributed by atoms with Crippen LogP contribution >= 0.6 is 0 Å². The summed E-state index contributed by atoms with van der Waals surface area (Å²) < 4.78 is 1.37. The van der Waals surface area contributed by atoms with Crippen LogP contribution in [0, 0.1) is 5.92 Å². The number of rotatable bonds is 3. The van der Waals surface area contributed by atoms with Crippen LogP contribution in [0.5, 0.6) is 0 Å². The van der Waals surface area contributed by atoms with Crippen molar-refractivity contribution in [3.63, 3.8) is 0 Å². The number of hydrogen-bond donors (Lipinski definition) is 2. The number of amides is 1. The van der Waals surface area contributed by atoms with Crippen molar-refractivity contribution >= 4 is 22.5 Å². The van der Waals surface area contributed by atoms with Crippen LogP contribution < -0.4 is 16.6 Å². The Morgan fingerprint density at radius 3 is 2.58 bits per heavy atom. The van der Waals surface area contributed by atoms with Gasteiger partial charge in [0.2, 0.25) is 5.91 Å². The number of nitrogens with one attached hydrogen (secondary N) is 2. The zero-order valence-corrected chi connectivity index (χ0v) is 14.1. The molecule has 0 saturated heterocycles. The summed E-state index contributed by atoms with van der Waals surface area (Å²) in [7, 11) is 0. The first-order chi connectivity index (χ1) is 11.5. The fourth-order valence-electron chi connectivity index (χ4n) is 3.65. The number of benzene rings is 1. The van der Waals surface area contributed by atoms with Crippen molar-refractivity contribution in [3.05, 3.63) is 39.0 Å². The highest BCUT2D eigenvalue weighted by molar-refractivity contribution is 5.91. The zero-order valence-electron chi connectivity index (χ0n) is 14.1. The fraction of sp³-hybridized carbons (Fsp3) is 0.500. The molecule has 128 valence electrons. The van der Waals surface area contributed by atoms with E-state index in [9.17, 15) is 14.4 Å². The van der Waals surface area contributed by atoms with Crippen LogP contribution in [0.1, 0.15) is 52.0 Å². The Hall–Kier alpha value is -2.37. The maximum absolute atomic E-state index is 12.9. The number of nitrogens with zero attached hydrogens (tertiary/aromatic N) is 1. The van der Waals surface area contributed by atoms with Crippen molar-refractivity contribution in [1.29, 1.82) is 0 Å². The predicted molar refractivity (Wildman–Crippen MR) is 94.4 cm³/mol. The Balaban J connectivity index is 2.03. The van der Waals surface area contributed by atoms with Crippen LogP contribution in [0.15, 0.2) is 27.8 Å². The summed E-state index contributed by atoms with van der Waals surface area (Å²) in [6, 6.07) is 4.92. The third-order valence-corrected chi connectivity index (χ3v) is 5.01. The molecule has 24 heavy (non-hydrogen) atoms. The average molecular weight is 329 g/mol. The molecule has 0 aliphatic heterocycles. The van der Waals surface area contributed by atoms with Crippen LogP contribution in [0.2, 0.25) is 0 Å². The zero-order chi connectivity index (χ0) is 17.3. The quantitative estimate of drug-likeness (QED) is 0.908. The SMILES string of the molecule is CCC1CCC(n2c(=O)[nH]c3ccc(NC(C)=O)cc3c2=O)CC1. The highest BCUT2D eigenvalue weighted by Crippen LogP contribution is 2.32.